The van der Waals surface area contributed by atoms with Crippen LogP contribution in [0.25, 0.3) is 0 Å². The molecule has 0 saturated heterocycles. The summed E-state index contributed by atoms with van der Waals surface area (Å²) in [5.74, 6) is 0.702. The highest BCUT2D eigenvalue weighted by molar-refractivity contribution is 5.75. The van der Waals surface area contributed by atoms with Crippen LogP contribution in [0, 0.1) is 0 Å². The third kappa shape index (κ3) is 3.53. The highest BCUT2D eigenvalue weighted by Crippen LogP contribution is 1.88. The Kier molecular flexibility index (Phi) is 4.06. The average Bonchev–Trinajstić information content (AvgIpc) is 2.64. The number of hydrogen-bond acceptors (Lipinski definition) is 5. The number of amides is 1. The number of carbonyl (C=O) groups is 1. The van der Waals surface area contributed by atoms with Gasteiger partial charge >= 0.3 is 0 Å². The first-order valence-corrected chi connectivity index (χ1v) is 4.36. The van der Waals surface area contributed by atoms with E-state index in [9.17, 15) is 4.79 Å². The van der Waals surface area contributed by atoms with Crippen LogP contribution in [0.2, 0.25) is 0 Å². The lowest BCUT2D eigenvalue weighted by Crippen LogP contribution is -2.26. The quantitative estimate of drug-likeness (QED) is 0.654. The van der Waals surface area contributed by atoms with Crippen LogP contribution < -0.4 is 5.32 Å². The Hall–Kier alpha value is -1.43. The Morgan fingerprint density at radius 3 is 3.00 bits per heavy atom. The molecule has 0 fully saturated rings. The minimum atomic E-state index is 0.102. The lowest BCUT2D eigenvalue weighted by atomic mass is 10.4. The second-order valence-electron chi connectivity index (χ2n) is 3.06. The molecule has 1 aromatic heterocycles. The van der Waals surface area contributed by atoms with Crippen molar-refractivity contribution in [3.8, 4) is 0 Å². The van der Waals surface area contributed by atoms with Crippen molar-refractivity contribution >= 4 is 5.91 Å². The zero-order valence-electron chi connectivity index (χ0n) is 8.36. The summed E-state index contributed by atoms with van der Waals surface area (Å²) in [6.07, 6.45) is 1.76. The minimum Gasteiger partial charge on any atom is -0.349 e. The first kappa shape index (κ1) is 10.6. The molecule has 0 aromatic carbocycles. The largest absolute Gasteiger partial charge is 0.349 e. The highest BCUT2D eigenvalue weighted by Gasteiger charge is 2.03. The van der Waals surface area contributed by atoms with E-state index in [0.29, 0.717) is 25.3 Å². The summed E-state index contributed by atoms with van der Waals surface area (Å²) in [5, 5.41) is 6.67. The predicted octanol–water partition coefficient (Wildman–Crippen LogP) is -0.362. The third-order valence-corrected chi connectivity index (χ3v) is 1.70. The lowest BCUT2D eigenvalue weighted by Gasteiger charge is -2.09. The molecule has 1 N–H and O–H groups in total. The van der Waals surface area contributed by atoms with Gasteiger partial charge in [0.05, 0.1) is 6.54 Å². The average molecular weight is 198 g/mol. The van der Waals surface area contributed by atoms with Crippen LogP contribution >= 0.6 is 0 Å². The predicted molar refractivity (Wildman–Crippen MR) is 49.3 cm³/mol. The summed E-state index contributed by atoms with van der Waals surface area (Å²) in [7, 11) is 3.48. The van der Waals surface area contributed by atoms with Crippen molar-refractivity contribution in [3.63, 3.8) is 0 Å². The first-order valence-electron chi connectivity index (χ1n) is 4.36. The van der Waals surface area contributed by atoms with Crippen LogP contribution in [0.1, 0.15) is 12.2 Å². The molecular weight excluding hydrogens is 184 g/mol. The van der Waals surface area contributed by atoms with E-state index in [1.54, 1.807) is 19.0 Å². The number of aromatic nitrogens is 2. The van der Waals surface area contributed by atoms with Gasteiger partial charge in [-0.1, -0.05) is 5.16 Å². The molecule has 6 heteroatoms. The molecule has 78 valence electrons. The van der Waals surface area contributed by atoms with Crippen molar-refractivity contribution in [2.45, 2.75) is 13.0 Å². The van der Waals surface area contributed by atoms with Crippen molar-refractivity contribution < 1.29 is 9.32 Å². The monoisotopic (exact) mass is 198 g/mol. The molecule has 0 aliphatic rings. The number of nitrogens with zero attached hydrogens (tertiary/aromatic N) is 3. The fourth-order valence-electron chi connectivity index (χ4n) is 0.889. The second kappa shape index (κ2) is 5.33. The van der Waals surface area contributed by atoms with Crippen molar-refractivity contribution in [2.24, 2.45) is 0 Å². The molecule has 6 nitrogen and oxygen atoms in total. The molecule has 0 aliphatic heterocycles. The maximum absolute atomic E-state index is 11.1. The second-order valence-corrected chi connectivity index (χ2v) is 3.06. The van der Waals surface area contributed by atoms with Crippen LogP contribution in [0.4, 0.5) is 0 Å². The molecule has 0 bridgehead atoms. The SMILES string of the molecule is CN(C)C(=O)CCNCc1ncon1. The summed E-state index contributed by atoms with van der Waals surface area (Å²) in [5.41, 5.74) is 0. The molecule has 14 heavy (non-hydrogen) atoms. The Labute approximate surface area is 82.3 Å². The van der Waals surface area contributed by atoms with E-state index in [4.69, 9.17) is 0 Å². The first-order chi connectivity index (χ1) is 6.70. The molecule has 0 saturated carbocycles. The van der Waals surface area contributed by atoms with E-state index in [0.717, 1.165) is 0 Å². The maximum atomic E-state index is 11.1. The van der Waals surface area contributed by atoms with Crippen LogP contribution in [0.15, 0.2) is 10.9 Å². The molecule has 1 amide bonds. The summed E-state index contributed by atoms with van der Waals surface area (Å²) >= 11 is 0. The minimum absolute atomic E-state index is 0.102. The third-order valence-electron chi connectivity index (χ3n) is 1.70. The van der Waals surface area contributed by atoms with E-state index in [-0.39, 0.29) is 5.91 Å². The van der Waals surface area contributed by atoms with Gasteiger partial charge in [0.1, 0.15) is 0 Å². The molecular formula is C8H14N4O2. The Bertz CT molecular complexity index is 271. The Morgan fingerprint density at radius 2 is 2.43 bits per heavy atom. The molecule has 1 aromatic rings. The standard InChI is InChI=1S/C8H14N4O2/c1-12(2)8(13)3-4-9-5-7-10-6-14-11-7/h6,9H,3-5H2,1-2H3. The molecule has 1 heterocycles. The summed E-state index contributed by atoms with van der Waals surface area (Å²) < 4.78 is 4.55. The van der Waals surface area contributed by atoms with Crippen molar-refractivity contribution in [2.75, 3.05) is 20.6 Å². The topological polar surface area (TPSA) is 71.3 Å². The Balaban J connectivity index is 2.08. The van der Waals surface area contributed by atoms with Gasteiger partial charge < -0.3 is 14.7 Å². The van der Waals surface area contributed by atoms with E-state index in [1.807, 2.05) is 0 Å². The summed E-state index contributed by atoms with van der Waals surface area (Å²) in [4.78, 5) is 16.5. The summed E-state index contributed by atoms with van der Waals surface area (Å²) in [6, 6.07) is 0. The van der Waals surface area contributed by atoms with Gasteiger partial charge in [-0.2, -0.15) is 4.98 Å². The van der Waals surface area contributed by atoms with Gasteiger partial charge in [0.25, 0.3) is 0 Å². The van der Waals surface area contributed by atoms with Crippen LogP contribution in [0.5, 0.6) is 0 Å². The van der Waals surface area contributed by atoms with Crippen LogP contribution in [0.3, 0.4) is 0 Å². The lowest BCUT2D eigenvalue weighted by molar-refractivity contribution is -0.128. The Morgan fingerprint density at radius 1 is 1.64 bits per heavy atom. The van der Waals surface area contributed by atoms with Gasteiger partial charge in [0, 0.05) is 27.1 Å². The van der Waals surface area contributed by atoms with Crippen molar-refractivity contribution in [3.05, 3.63) is 12.2 Å². The highest BCUT2D eigenvalue weighted by atomic mass is 16.5. The molecule has 0 aliphatic carbocycles. The molecule has 0 spiro atoms. The van der Waals surface area contributed by atoms with Gasteiger partial charge in [0.2, 0.25) is 12.3 Å². The van der Waals surface area contributed by atoms with Gasteiger partial charge in [-0.25, -0.2) is 0 Å². The van der Waals surface area contributed by atoms with Gasteiger partial charge in [0.15, 0.2) is 5.82 Å². The zero-order chi connectivity index (χ0) is 10.4. The van der Waals surface area contributed by atoms with E-state index in [1.165, 1.54) is 6.39 Å². The number of hydrogen-bond donors (Lipinski definition) is 1. The summed E-state index contributed by atoms with van der Waals surface area (Å²) in [6.45, 7) is 1.14. The van der Waals surface area contributed by atoms with Gasteiger partial charge in [-0.05, 0) is 0 Å². The molecule has 0 radical (unpaired) electrons. The van der Waals surface area contributed by atoms with Gasteiger partial charge in [-0.15, -0.1) is 0 Å². The van der Waals surface area contributed by atoms with E-state index >= 15 is 0 Å². The number of rotatable bonds is 5. The molecule has 0 unspecified atom stereocenters. The maximum Gasteiger partial charge on any atom is 0.223 e. The zero-order valence-corrected chi connectivity index (χ0v) is 8.36. The fourth-order valence-corrected chi connectivity index (χ4v) is 0.889. The van der Waals surface area contributed by atoms with Crippen LogP contribution in [-0.4, -0.2) is 41.6 Å². The molecule has 1 rings (SSSR count). The number of carbonyl (C=O) groups excluding carboxylic acids is 1. The van der Waals surface area contributed by atoms with Gasteiger partial charge in [-0.3, -0.25) is 4.79 Å². The normalized spacial score (nSPS) is 10.1. The van der Waals surface area contributed by atoms with Crippen molar-refractivity contribution in [1.82, 2.24) is 20.4 Å². The number of nitrogens with one attached hydrogen (secondary N) is 1. The molecule has 0 atom stereocenters. The smallest absolute Gasteiger partial charge is 0.223 e. The fraction of sp³-hybridized carbons (Fsp3) is 0.625. The van der Waals surface area contributed by atoms with E-state index in [2.05, 4.69) is 20.0 Å². The van der Waals surface area contributed by atoms with Crippen LogP contribution in [-0.2, 0) is 11.3 Å². The van der Waals surface area contributed by atoms with E-state index < -0.39 is 0 Å². The van der Waals surface area contributed by atoms with Crippen molar-refractivity contribution in [1.29, 1.82) is 0 Å².